The average Bonchev–Trinajstić information content (AvgIpc) is 3.50. The zero-order chi connectivity index (χ0) is 24.3. The second-order valence-electron chi connectivity index (χ2n) is 7.15. The SMILES string of the molecule is O=C(CCN1C(=O)/C(=C\c2ccco2)SC1=S)Nc1ncc(Cc2cccc(C(F)(F)F)c2)s1. The monoisotopic (exact) mass is 523 g/mol. The minimum Gasteiger partial charge on any atom is -0.465 e. The lowest BCUT2D eigenvalue weighted by Crippen LogP contribution is -2.31. The number of amides is 2. The number of anilines is 1. The first kappa shape index (κ1) is 24.2. The van der Waals surface area contributed by atoms with Crippen LogP contribution in [0.15, 0.2) is 58.2 Å². The predicted molar refractivity (Wildman–Crippen MR) is 128 cm³/mol. The number of thiocarbonyl (C=S) groups is 1. The fraction of sp³-hybridized carbons (Fsp3) is 0.182. The molecule has 3 aromatic rings. The topological polar surface area (TPSA) is 75.4 Å². The Bertz CT molecular complexity index is 1250. The lowest BCUT2D eigenvalue weighted by Gasteiger charge is -2.13. The Kier molecular flexibility index (Phi) is 7.19. The second-order valence-corrected chi connectivity index (χ2v) is 9.94. The Labute approximate surface area is 205 Å². The van der Waals surface area contributed by atoms with Crippen molar-refractivity contribution in [3.63, 3.8) is 0 Å². The number of benzene rings is 1. The van der Waals surface area contributed by atoms with E-state index < -0.39 is 11.7 Å². The van der Waals surface area contributed by atoms with Gasteiger partial charge in [-0.1, -0.05) is 42.2 Å². The van der Waals surface area contributed by atoms with Crippen LogP contribution in [0.3, 0.4) is 0 Å². The molecule has 4 rings (SSSR count). The number of hydrogen-bond acceptors (Lipinski definition) is 7. The smallest absolute Gasteiger partial charge is 0.416 e. The van der Waals surface area contributed by atoms with E-state index in [1.54, 1.807) is 24.3 Å². The molecule has 0 spiro atoms. The van der Waals surface area contributed by atoms with Crippen LogP contribution in [0.1, 0.15) is 28.2 Å². The maximum absolute atomic E-state index is 12.9. The highest BCUT2D eigenvalue weighted by molar-refractivity contribution is 8.26. The minimum absolute atomic E-state index is 0.00299. The Balaban J connectivity index is 1.31. The van der Waals surface area contributed by atoms with Gasteiger partial charge in [0.25, 0.3) is 5.91 Å². The fourth-order valence-corrected chi connectivity index (χ4v) is 5.25. The Morgan fingerprint density at radius 2 is 2.09 bits per heavy atom. The predicted octanol–water partition coefficient (Wildman–Crippen LogP) is 5.58. The molecular weight excluding hydrogens is 507 g/mol. The lowest BCUT2D eigenvalue weighted by atomic mass is 10.1. The van der Waals surface area contributed by atoms with Crippen molar-refractivity contribution in [3.05, 3.63) is 75.5 Å². The molecule has 0 atom stereocenters. The van der Waals surface area contributed by atoms with E-state index in [1.165, 1.54) is 34.8 Å². The standard InChI is InChI=1S/C22H16F3N3O3S3/c23-22(24,25)14-4-1-3-13(9-14)10-16-12-26-20(33-16)27-18(29)6-7-28-19(30)17(34-21(28)32)11-15-5-2-8-31-15/h1-5,8-9,11-12H,6-7,10H2,(H,26,27,29)/b17-11+. The van der Waals surface area contributed by atoms with Gasteiger partial charge in [0.05, 0.1) is 16.7 Å². The van der Waals surface area contributed by atoms with Crippen LogP contribution in [-0.2, 0) is 22.2 Å². The number of carbonyl (C=O) groups excluding carboxylic acids is 2. The second kappa shape index (κ2) is 10.1. The minimum atomic E-state index is -4.41. The number of carbonyl (C=O) groups is 2. The highest BCUT2D eigenvalue weighted by Gasteiger charge is 2.32. The molecule has 2 aromatic heterocycles. The van der Waals surface area contributed by atoms with E-state index in [1.807, 2.05) is 0 Å². The molecule has 12 heteroatoms. The summed E-state index contributed by atoms with van der Waals surface area (Å²) in [4.78, 5) is 31.5. The van der Waals surface area contributed by atoms with Gasteiger partial charge in [0, 0.05) is 36.5 Å². The first-order chi connectivity index (χ1) is 16.2. The Morgan fingerprint density at radius 3 is 2.82 bits per heavy atom. The average molecular weight is 524 g/mol. The summed E-state index contributed by atoms with van der Waals surface area (Å²) in [6.45, 7) is 0.106. The maximum atomic E-state index is 12.9. The van der Waals surface area contributed by atoms with Crippen LogP contribution >= 0.6 is 35.3 Å². The van der Waals surface area contributed by atoms with Crippen molar-refractivity contribution in [2.75, 3.05) is 11.9 Å². The number of alkyl halides is 3. The van der Waals surface area contributed by atoms with Gasteiger partial charge in [-0.05, 0) is 23.8 Å². The Morgan fingerprint density at radius 1 is 1.26 bits per heavy atom. The molecule has 1 aromatic carbocycles. The van der Waals surface area contributed by atoms with E-state index >= 15 is 0 Å². The van der Waals surface area contributed by atoms with Crippen molar-refractivity contribution in [2.24, 2.45) is 0 Å². The zero-order valence-corrected chi connectivity index (χ0v) is 19.7. The first-order valence-corrected chi connectivity index (χ1v) is 11.9. The molecule has 34 heavy (non-hydrogen) atoms. The molecule has 0 radical (unpaired) electrons. The van der Waals surface area contributed by atoms with Crippen LogP contribution in [0.25, 0.3) is 6.08 Å². The van der Waals surface area contributed by atoms with E-state index in [4.69, 9.17) is 16.6 Å². The zero-order valence-electron chi connectivity index (χ0n) is 17.3. The molecule has 0 bridgehead atoms. The highest BCUT2D eigenvalue weighted by atomic mass is 32.2. The third-order valence-electron chi connectivity index (χ3n) is 4.69. The number of nitrogens with zero attached hydrogens (tertiary/aromatic N) is 2. The summed E-state index contributed by atoms with van der Waals surface area (Å²) < 4.78 is 44.3. The van der Waals surface area contributed by atoms with Crippen LogP contribution < -0.4 is 5.32 Å². The first-order valence-electron chi connectivity index (χ1n) is 9.88. The van der Waals surface area contributed by atoms with Crippen molar-refractivity contribution in [2.45, 2.75) is 19.0 Å². The van der Waals surface area contributed by atoms with Gasteiger partial charge in [0.2, 0.25) is 5.91 Å². The molecule has 0 aliphatic carbocycles. The summed E-state index contributed by atoms with van der Waals surface area (Å²) in [6.07, 6.45) is 0.470. The van der Waals surface area contributed by atoms with Crippen LogP contribution in [-0.4, -0.2) is 32.6 Å². The number of furan rings is 1. The van der Waals surface area contributed by atoms with E-state index in [-0.39, 0.29) is 31.2 Å². The third-order valence-corrected chi connectivity index (χ3v) is 6.98. The van der Waals surface area contributed by atoms with Gasteiger partial charge in [-0.3, -0.25) is 14.5 Å². The van der Waals surface area contributed by atoms with Gasteiger partial charge < -0.3 is 9.73 Å². The molecule has 1 aliphatic heterocycles. The number of nitrogens with one attached hydrogen (secondary N) is 1. The molecule has 2 amide bonds. The van der Waals surface area contributed by atoms with Gasteiger partial charge in [0.15, 0.2) is 5.13 Å². The van der Waals surface area contributed by atoms with Crippen molar-refractivity contribution >= 4 is 62.7 Å². The van der Waals surface area contributed by atoms with Crippen LogP contribution in [0.4, 0.5) is 18.3 Å². The fourth-order valence-electron chi connectivity index (χ4n) is 3.10. The van der Waals surface area contributed by atoms with E-state index in [2.05, 4.69) is 10.3 Å². The van der Waals surface area contributed by atoms with E-state index in [0.29, 0.717) is 30.6 Å². The summed E-state index contributed by atoms with van der Waals surface area (Å²) in [6, 6.07) is 8.51. The van der Waals surface area contributed by atoms with Gasteiger partial charge in [-0.2, -0.15) is 13.2 Å². The number of hydrogen-bond donors (Lipinski definition) is 1. The molecule has 0 unspecified atom stereocenters. The summed E-state index contributed by atoms with van der Waals surface area (Å²) in [5.74, 6) is -0.121. The van der Waals surface area contributed by atoms with E-state index in [9.17, 15) is 22.8 Å². The van der Waals surface area contributed by atoms with Crippen LogP contribution in [0.2, 0.25) is 0 Å². The van der Waals surface area contributed by atoms with Crippen molar-refractivity contribution in [1.29, 1.82) is 0 Å². The molecule has 1 aliphatic rings. The molecule has 1 N–H and O–H groups in total. The number of thiazole rings is 1. The number of thioether (sulfide) groups is 1. The van der Waals surface area contributed by atoms with Crippen molar-refractivity contribution in [1.82, 2.24) is 9.88 Å². The van der Waals surface area contributed by atoms with Crippen molar-refractivity contribution < 1.29 is 27.2 Å². The van der Waals surface area contributed by atoms with Gasteiger partial charge in [-0.25, -0.2) is 4.98 Å². The van der Waals surface area contributed by atoms with Crippen LogP contribution in [0, 0.1) is 0 Å². The number of aromatic nitrogens is 1. The molecule has 0 saturated carbocycles. The number of rotatable bonds is 7. The molecule has 3 heterocycles. The van der Waals surface area contributed by atoms with Gasteiger partial charge >= 0.3 is 6.18 Å². The number of halogens is 3. The van der Waals surface area contributed by atoms with E-state index in [0.717, 1.165) is 23.9 Å². The summed E-state index contributed by atoms with van der Waals surface area (Å²) in [5.41, 5.74) is -0.217. The summed E-state index contributed by atoms with van der Waals surface area (Å²) in [5, 5.41) is 2.98. The van der Waals surface area contributed by atoms with Gasteiger partial charge in [0.1, 0.15) is 10.1 Å². The van der Waals surface area contributed by atoms with Crippen molar-refractivity contribution in [3.8, 4) is 0 Å². The molecule has 6 nitrogen and oxygen atoms in total. The van der Waals surface area contributed by atoms with Gasteiger partial charge in [-0.15, -0.1) is 11.3 Å². The molecule has 1 fully saturated rings. The lowest BCUT2D eigenvalue weighted by molar-refractivity contribution is -0.137. The molecular formula is C22H16F3N3O3S3. The summed E-state index contributed by atoms with van der Waals surface area (Å²) >= 11 is 7.57. The Hall–Kier alpha value is -2.96. The normalized spacial score (nSPS) is 15.4. The van der Waals surface area contributed by atoms with Crippen LogP contribution in [0.5, 0.6) is 0 Å². The summed E-state index contributed by atoms with van der Waals surface area (Å²) in [7, 11) is 0. The molecule has 1 saturated heterocycles. The molecule has 176 valence electrons. The highest BCUT2D eigenvalue weighted by Crippen LogP contribution is 2.33. The largest absolute Gasteiger partial charge is 0.465 e. The quantitative estimate of drug-likeness (QED) is 0.322. The third kappa shape index (κ3) is 5.93. The maximum Gasteiger partial charge on any atom is 0.416 e.